The number of anilines is 1. The van der Waals surface area contributed by atoms with Gasteiger partial charge in [-0.2, -0.15) is 10.5 Å². The molecule has 1 heterocycles. The molecule has 0 saturated heterocycles. The number of aliphatic hydroxyl groups excluding tert-OH is 1. The lowest BCUT2D eigenvalue weighted by Crippen LogP contribution is -2.27. The van der Waals surface area contributed by atoms with Gasteiger partial charge in [0.1, 0.15) is 17.0 Å². The van der Waals surface area contributed by atoms with Gasteiger partial charge in [0.2, 0.25) is 0 Å². The van der Waals surface area contributed by atoms with Gasteiger partial charge in [-0.25, -0.2) is 0 Å². The normalized spacial score (nSPS) is 11.1. The fourth-order valence-corrected chi connectivity index (χ4v) is 4.84. The van der Waals surface area contributed by atoms with Crippen LogP contribution in [0.2, 0.25) is 0 Å². The quantitative estimate of drug-likeness (QED) is 0.141. The van der Waals surface area contributed by atoms with E-state index < -0.39 is 0 Å². The molecule has 0 unspecified atom stereocenters. The molecule has 0 atom stereocenters. The summed E-state index contributed by atoms with van der Waals surface area (Å²) in [4.78, 5) is 2.73. The Morgan fingerprint density at radius 1 is 0.810 bits per heavy atom. The van der Waals surface area contributed by atoms with Crippen LogP contribution < -0.4 is 4.90 Å². The van der Waals surface area contributed by atoms with Crippen LogP contribution in [0.15, 0.2) is 58.8 Å². The van der Waals surface area contributed by atoms with E-state index in [1.165, 1.54) is 16.9 Å². The Morgan fingerprint density at radius 3 is 2.05 bits per heavy atom. The highest BCUT2D eigenvalue weighted by Crippen LogP contribution is 2.36. The molecular weight excluding hydrogens is 554 g/mol. The number of aliphatic hydroxyl groups is 1. The van der Waals surface area contributed by atoms with Crippen molar-refractivity contribution in [3.8, 4) is 12.1 Å². The van der Waals surface area contributed by atoms with Crippen molar-refractivity contribution in [3.63, 3.8) is 0 Å². The lowest BCUT2D eigenvalue weighted by molar-refractivity contribution is -0.00490. The number of benzene rings is 2. The summed E-state index contributed by atoms with van der Waals surface area (Å²) in [6.45, 7) is 8.86. The third-order valence-corrected chi connectivity index (χ3v) is 7.29. The van der Waals surface area contributed by atoms with Crippen LogP contribution in [-0.4, -0.2) is 71.1 Å². The fourth-order valence-electron chi connectivity index (χ4n) is 3.96. The van der Waals surface area contributed by atoms with Gasteiger partial charge in [-0.05, 0) is 48.7 Å². The van der Waals surface area contributed by atoms with Crippen molar-refractivity contribution >= 4 is 27.7 Å². The van der Waals surface area contributed by atoms with Crippen molar-refractivity contribution in [2.75, 3.05) is 70.9 Å². The SMILES string of the molecule is Cc1cc(N(CCOCCOCCOCCOCCO)Cc2ccccc2)ccc1/N=N/c1sc(C#N)c(C)c1C#N. The highest BCUT2D eigenvalue weighted by Gasteiger charge is 2.15. The van der Waals surface area contributed by atoms with Crippen LogP contribution in [0.4, 0.5) is 16.4 Å². The van der Waals surface area contributed by atoms with Crippen molar-refractivity contribution in [3.05, 3.63) is 75.7 Å². The Kier molecular flexibility index (Phi) is 14.6. The summed E-state index contributed by atoms with van der Waals surface area (Å²) in [5.74, 6) is 0. The van der Waals surface area contributed by atoms with Crippen molar-refractivity contribution in [1.82, 2.24) is 0 Å². The molecule has 0 aliphatic heterocycles. The van der Waals surface area contributed by atoms with E-state index in [0.29, 0.717) is 86.1 Å². The number of hydrogen-bond donors (Lipinski definition) is 1. The number of azo groups is 1. The smallest absolute Gasteiger partial charge is 0.158 e. The maximum absolute atomic E-state index is 9.48. The van der Waals surface area contributed by atoms with Gasteiger partial charge in [0, 0.05) is 18.8 Å². The molecule has 3 aromatic rings. The van der Waals surface area contributed by atoms with Crippen LogP contribution >= 0.6 is 11.3 Å². The second-order valence-electron chi connectivity index (χ2n) is 9.21. The maximum Gasteiger partial charge on any atom is 0.158 e. The van der Waals surface area contributed by atoms with Crippen LogP contribution in [0.5, 0.6) is 0 Å². The zero-order chi connectivity index (χ0) is 30.0. The van der Waals surface area contributed by atoms with E-state index in [1.807, 2.05) is 37.3 Å². The molecule has 0 bridgehead atoms. The summed E-state index contributed by atoms with van der Waals surface area (Å²) in [5, 5.41) is 36.6. The number of ether oxygens (including phenoxy) is 4. The van der Waals surface area contributed by atoms with Crippen molar-refractivity contribution in [1.29, 1.82) is 10.5 Å². The average molecular weight is 592 g/mol. The van der Waals surface area contributed by atoms with Gasteiger partial charge in [0.25, 0.3) is 0 Å². The topological polar surface area (TPSA) is 133 Å². The minimum Gasteiger partial charge on any atom is -0.394 e. The Balaban J connectivity index is 1.53. The van der Waals surface area contributed by atoms with Crippen LogP contribution in [0, 0.1) is 36.5 Å². The fraction of sp³-hybridized carbons (Fsp3) is 0.419. The number of nitriles is 2. The average Bonchev–Trinajstić information content (AvgIpc) is 3.32. The van der Waals surface area contributed by atoms with Crippen LogP contribution in [0.1, 0.15) is 27.1 Å². The van der Waals surface area contributed by atoms with E-state index >= 15 is 0 Å². The highest BCUT2D eigenvalue weighted by atomic mass is 32.1. The number of rotatable bonds is 19. The van der Waals surface area contributed by atoms with Crippen molar-refractivity contribution in [2.45, 2.75) is 20.4 Å². The number of hydrogen-bond acceptors (Lipinski definition) is 11. The van der Waals surface area contributed by atoms with Gasteiger partial charge in [0.05, 0.1) is 70.7 Å². The predicted molar refractivity (Wildman–Crippen MR) is 162 cm³/mol. The van der Waals surface area contributed by atoms with E-state index in [9.17, 15) is 10.5 Å². The second-order valence-corrected chi connectivity index (χ2v) is 10.2. The Hall–Kier alpha value is -3.68. The van der Waals surface area contributed by atoms with Gasteiger partial charge in [0.15, 0.2) is 5.00 Å². The minimum absolute atomic E-state index is 0.0137. The first-order chi connectivity index (χ1) is 20.6. The predicted octanol–water partition coefficient (Wildman–Crippen LogP) is 5.59. The molecule has 0 fully saturated rings. The van der Waals surface area contributed by atoms with Gasteiger partial charge < -0.3 is 29.0 Å². The van der Waals surface area contributed by atoms with E-state index in [4.69, 9.17) is 24.1 Å². The molecule has 0 aliphatic carbocycles. The van der Waals surface area contributed by atoms with Crippen LogP contribution in [-0.2, 0) is 25.5 Å². The molecule has 0 spiro atoms. The molecule has 1 aromatic heterocycles. The monoisotopic (exact) mass is 591 g/mol. The van der Waals surface area contributed by atoms with Gasteiger partial charge in [-0.1, -0.05) is 30.3 Å². The largest absolute Gasteiger partial charge is 0.394 e. The molecule has 42 heavy (non-hydrogen) atoms. The number of nitrogens with zero attached hydrogens (tertiary/aromatic N) is 5. The van der Waals surface area contributed by atoms with E-state index in [-0.39, 0.29) is 6.61 Å². The summed E-state index contributed by atoms with van der Waals surface area (Å²) >= 11 is 1.17. The zero-order valence-electron chi connectivity index (χ0n) is 24.1. The molecular formula is C31H37N5O5S. The van der Waals surface area contributed by atoms with Gasteiger partial charge in [-0.3, -0.25) is 0 Å². The molecule has 0 saturated carbocycles. The first kappa shape index (κ1) is 32.8. The summed E-state index contributed by atoms with van der Waals surface area (Å²) in [5.41, 5.74) is 4.89. The maximum atomic E-state index is 9.48. The highest BCUT2D eigenvalue weighted by molar-refractivity contribution is 7.16. The lowest BCUT2D eigenvalue weighted by atomic mass is 10.1. The number of thiophene rings is 1. The molecule has 11 heteroatoms. The van der Waals surface area contributed by atoms with Gasteiger partial charge in [-0.15, -0.1) is 21.6 Å². The summed E-state index contributed by atoms with van der Waals surface area (Å²) in [6.07, 6.45) is 0. The molecule has 10 nitrogen and oxygen atoms in total. The molecule has 3 rings (SSSR count). The van der Waals surface area contributed by atoms with E-state index in [2.05, 4.69) is 45.5 Å². The molecule has 0 radical (unpaired) electrons. The first-order valence-electron chi connectivity index (χ1n) is 13.7. The third-order valence-electron chi connectivity index (χ3n) is 6.21. The first-order valence-corrected chi connectivity index (χ1v) is 14.6. The lowest BCUT2D eigenvalue weighted by Gasteiger charge is -2.25. The number of aryl methyl sites for hydroxylation is 1. The van der Waals surface area contributed by atoms with Crippen molar-refractivity contribution in [2.24, 2.45) is 10.2 Å². The Labute approximate surface area is 251 Å². The van der Waals surface area contributed by atoms with E-state index in [1.54, 1.807) is 6.92 Å². The summed E-state index contributed by atoms with van der Waals surface area (Å²) in [7, 11) is 0. The molecule has 2 aromatic carbocycles. The van der Waals surface area contributed by atoms with Crippen molar-refractivity contribution < 1.29 is 24.1 Å². The summed E-state index contributed by atoms with van der Waals surface area (Å²) in [6, 6.07) is 20.5. The van der Waals surface area contributed by atoms with Gasteiger partial charge >= 0.3 is 0 Å². The standard InChI is InChI=1S/C31H37N5O5S/c1-24-20-27(8-9-29(24)34-35-31-28(21-32)25(2)30(22-33)42-31)36(23-26-6-4-3-5-7-26)10-12-38-14-16-40-18-19-41-17-15-39-13-11-37/h3-9,20,37H,10-19,23H2,1-2H3/b35-34+. The molecule has 1 N–H and O–H groups in total. The zero-order valence-corrected chi connectivity index (χ0v) is 24.9. The molecule has 0 amide bonds. The summed E-state index contributed by atoms with van der Waals surface area (Å²) < 4.78 is 21.9. The Morgan fingerprint density at radius 2 is 1.45 bits per heavy atom. The minimum atomic E-state index is 0.0137. The second kappa shape index (κ2) is 18.7. The van der Waals surface area contributed by atoms with Crippen LogP contribution in [0.25, 0.3) is 0 Å². The van der Waals surface area contributed by atoms with Crippen LogP contribution in [0.3, 0.4) is 0 Å². The van der Waals surface area contributed by atoms with E-state index in [0.717, 1.165) is 17.8 Å². The molecule has 0 aliphatic rings. The third kappa shape index (κ3) is 10.6. The molecule has 222 valence electrons. The Bertz CT molecular complexity index is 1350.